The van der Waals surface area contributed by atoms with Crippen LogP contribution in [0.2, 0.25) is 0 Å². The molecular formula is C18H21NO2S. The lowest BCUT2D eigenvalue weighted by molar-refractivity contribution is 0.507. The summed E-state index contributed by atoms with van der Waals surface area (Å²) in [5.74, 6) is 0. The zero-order valence-corrected chi connectivity index (χ0v) is 13.6. The third-order valence-electron chi connectivity index (χ3n) is 4.31. The lowest BCUT2D eigenvalue weighted by Gasteiger charge is -2.26. The van der Waals surface area contributed by atoms with Gasteiger partial charge in [0, 0.05) is 6.04 Å². The van der Waals surface area contributed by atoms with E-state index in [0.717, 1.165) is 36.8 Å². The summed E-state index contributed by atoms with van der Waals surface area (Å²) in [7, 11) is -3.48. The molecule has 0 saturated carbocycles. The molecule has 1 aliphatic rings. The van der Waals surface area contributed by atoms with Crippen molar-refractivity contribution in [3.8, 4) is 0 Å². The predicted molar refractivity (Wildman–Crippen MR) is 88.3 cm³/mol. The van der Waals surface area contributed by atoms with Crippen molar-refractivity contribution in [2.75, 3.05) is 0 Å². The van der Waals surface area contributed by atoms with E-state index in [1.807, 2.05) is 30.3 Å². The van der Waals surface area contributed by atoms with Crippen molar-refractivity contribution in [1.82, 2.24) is 4.72 Å². The van der Waals surface area contributed by atoms with E-state index < -0.39 is 10.0 Å². The minimum absolute atomic E-state index is 0.124. The van der Waals surface area contributed by atoms with Crippen molar-refractivity contribution in [2.45, 2.75) is 43.5 Å². The van der Waals surface area contributed by atoms with Gasteiger partial charge in [-0.1, -0.05) is 43.3 Å². The van der Waals surface area contributed by atoms with Gasteiger partial charge in [0.2, 0.25) is 10.0 Å². The monoisotopic (exact) mass is 315 g/mol. The highest BCUT2D eigenvalue weighted by molar-refractivity contribution is 7.89. The summed E-state index contributed by atoms with van der Waals surface area (Å²) in [5, 5.41) is 0. The predicted octanol–water partition coefficient (Wildman–Crippen LogP) is 3.60. The Hall–Kier alpha value is -1.65. The number of aryl methyl sites for hydroxylation is 2. The number of sulfonamides is 1. The highest BCUT2D eigenvalue weighted by atomic mass is 32.2. The van der Waals surface area contributed by atoms with Gasteiger partial charge in [-0.2, -0.15) is 0 Å². The van der Waals surface area contributed by atoms with Crippen molar-refractivity contribution in [1.29, 1.82) is 0 Å². The number of nitrogens with one attached hydrogen (secondary N) is 1. The molecule has 0 amide bonds. The largest absolute Gasteiger partial charge is 0.241 e. The zero-order valence-electron chi connectivity index (χ0n) is 12.7. The second kappa shape index (κ2) is 6.23. The van der Waals surface area contributed by atoms with Gasteiger partial charge in [-0.05, 0) is 54.5 Å². The SMILES string of the molecule is CCc1ccc(S(=O)(=O)NC2CCCc3ccccc32)cc1. The van der Waals surface area contributed by atoms with E-state index in [2.05, 4.69) is 17.7 Å². The third kappa shape index (κ3) is 3.08. The van der Waals surface area contributed by atoms with Crippen LogP contribution in [-0.2, 0) is 22.9 Å². The fourth-order valence-corrected chi connectivity index (χ4v) is 4.29. The van der Waals surface area contributed by atoms with Gasteiger partial charge in [0.25, 0.3) is 0 Å². The van der Waals surface area contributed by atoms with Crippen LogP contribution in [0, 0.1) is 0 Å². The maximum Gasteiger partial charge on any atom is 0.241 e. The first-order valence-corrected chi connectivity index (χ1v) is 9.27. The van der Waals surface area contributed by atoms with Crippen LogP contribution in [-0.4, -0.2) is 8.42 Å². The Kier molecular flexibility index (Phi) is 4.32. The van der Waals surface area contributed by atoms with Crippen molar-refractivity contribution in [3.05, 3.63) is 65.2 Å². The van der Waals surface area contributed by atoms with Crippen LogP contribution in [0.4, 0.5) is 0 Å². The highest BCUT2D eigenvalue weighted by Crippen LogP contribution is 2.30. The van der Waals surface area contributed by atoms with Gasteiger partial charge >= 0.3 is 0 Å². The van der Waals surface area contributed by atoms with Gasteiger partial charge in [-0.15, -0.1) is 0 Å². The quantitative estimate of drug-likeness (QED) is 0.937. The normalized spacial score (nSPS) is 18.0. The maximum absolute atomic E-state index is 12.6. The van der Waals surface area contributed by atoms with E-state index in [1.165, 1.54) is 5.56 Å². The van der Waals surface area contributed by atoms with Gasteiger partial charge in [0.15, 0.2) is 0 Å². The Labute approximate surface area is 132 Å². The molecule has 1 unspecified atom stereocenters. The van der Waals surface area contributed by atoms with Crippen molar-refractivity contribution < 1.29 is 8.42 Å². The minimum atomic E-state index is -3.48. The second-order valence-electron chi connectivity index (χ2n) is 5.76. The van der Waals surface area contributed by atoms with Crippen LogP contribution in [0.3, 0.4) is 0 Å². The fourth-order valence-electron chi connectivity index (χ4n) is 3.04. The van der Waals surface area contributed by atoms with Crippen molar-refractivity contribution in [2.24, 2.45) is 0 Å². The molecule has 0 spiro atoms. The molecule has 2 aromatic carbocycles. The Morgan fingerprint density at radius 1 is 1.09 bits per heavy atom. The van der Waals surface area contributed by atoms with Crippen LogP contribution < -0.4 is 4.72 Å². The molecule has 0 aliphatic heterocycles. The standard InChI is InChI=1S/C18H21NO2S/c1-2-14-10-12-16(13-11-14)22(20,21)19-18-9-5-7-15-6-3-4-8-17(15)18/h3-4,6,8,10-13,18-19H,2,5,7,9H2,1H3. The summed E-state index contributed by atoms with van der Waals surface area (Å²) in [4.78, 5) is 0.341. The molecule has 0 heterocycles. The summed E-state index contributed by atoms with van der Waals surface area (Å²) in [6.07, 6.45) is 3.80. The third-order valence-corrected chi connectivity index (χ3v) is 5.80. The number of fused-ring (bicyclic) bond motifs is 1. The first-order chi connectivity index (χ1) is 10.6. The Morgan fingerprint density at radius 3 is 2.55 bits per heavy atom. The van der Waals surface area contributed by atoms with E-state index in [4.69, 9.17) is 0 Å². The van der Waals surface area contributed by atoms with Crippen LogP contribution in [0.25, 0.3) is 0 Å². The molecule has 1 atom stereocenters. The summed E-state index contributed by atoms with van der Waals surface area (Å²) in [5.41, 5.74) is 3.51. The number of rotatable bonds is 4. The molecule has 116 valence electrons. The van der Waals surface area contributed by atoms with Crippen LogP contribution in [0.1, 0.15) is 42.5 Å². The number of hydrogen-bond donors (Lipinski definition) is 1. The zero-order chi connectivity index (χ0) is 15.6. The maximum atomic E-state index is 12.6. The minimum Gasteiger partial charge on any atom is -0.207 e. The van der Waals surface area contributed by atoms with Gasteiger partial charge in [0.05, 0.1) is 4.90 Å². The molecule has 0 aromatic heterocycles. The molecule has 3 rings (SSSR count). The Balaban J connectivity index is 1.86. The number of benzene rings is 2. The van der Waals surface area contributed by atoms with E-state index in [0.29, 0.717) is 4.90 Å². The summed E-state index contributed by atoms with van der Waals surface area (Å²) in [6.45, 7) is 2.06. The first kappa shape index (κ1) is 15.3. The van der Waals surface area contributed by atoms with Gasteiger partial charge in [-0.3, -0.25) is 0 Å². The van der Waals surface area contributed by atoms with Crippen LogP contribution in [0.5, 0.6) is 0 Å². The molecule has 22 heavy (non-hydrogen) atoms. The molecule has 0 fully saturated rings. The molecule has 0 saturated heterocycles. The van der Waals surface area contributed by atoms with E-state index in [1.54, 1.807) is 12.1 Å². The highest BCUT2D eigenvalue weighted by Gasteiger charge is 2.25. The fraction of sp³-hybridized carbons (Fsp3) is 0.333. The van der Waals surface area contributed by atoms with Gasteiger partial charge in [-0.25, -0.2) is 13.1 Å². The second-order valence-corrected chi connectivity index (χ2v) is 7.48. The molecule has 0 radical (unpaired) electrons. The summed E-state index contributed by atoms with van der Waals surface area (Å²) < 4.78 is 28.1. The molecule has 1 N–H and O–H groups in total. The van der Waals surface area contributed by atoms with Crippen LogP contribution in [0.15, 0.2) is 53.4 Å². The van der Waals surface area contributed by atoms with Crippen molar-refractivity contribution >= 4 is 10.0 Å². The number of hydrogen-bond acceptors (Lipinski definition) is 2. The van der Waals surface area contributed by atoms with E-state index >= 15 is 0 Å². The van der Waals surface area contributed by atoms with Crippen molar-refractivity contribution in [3.63, 3.8) is 0 Å². The molecule has 2 aromatic rings. The molecular weight excluding hydrogens is 294 g/mol. The summed E-state index contributed by atoms with van der Waals surface area (Å²) >= 11 is 0. The summed E-state index contributed by atoms with van der Waals surface area (Å²) in [6, 6.07) is 15.1. The van der Waals surface area contributed by atoms with Crippen LogP contribution >= 0.6 is 0 Å². The average molecular weight is 315 g/mol. The van der Waals surface area contributed by atoms with E-state index in [9.17, 15) is 8.42 Å². The van der Waals surface area contributed by atoms with Gasteiger partial charge < -0.3 is 0 Å². The lowest BCUT2D eigenvalue weighted by Crippen LogP contribution is -2.31. The topological polar surface area (TPSA) is 46.2 Å². The molecule has 4 heteroatoms. The van der Waals surface area contributed by atoms with Gasteiger partial charge in [0.1, 0.15) is 0 Å². The van der Waals surface area contributed by atoms with E-state index in [-0.39, 0.29) is 6.04 Å². The Bertz CT molecular complexity index is 751. The smallest absolute Gasteiger partial charge is 0.207 e. The first-order valence-electron chi connectivity index (χ1n) is 7.79. The molecule has 1 aliphatic carbocycles. The average Bonchev–Trinajstić information content (AvgIpc) is 2.55. The Morgan fingerprint density at radius 2 is 1.82 bits per heavy atom. The molecule has 3 nitrogen and oxygen atoms in total. The lowest BCUT2D eigenvalue weighted by atomic mass is 9.88. The molecule has 0 bridgehead atoms.